The number of rotatable bonds is 2. The van der Waals surface area contributed by atoms with Crippen LogP contribution in [0.5, 0.6) is 0 Å². The van der Waals surface area contributed by atoms with E-state index >= 15 is 0 Å². The molecule has 0 radical (unpaired) electrons. The molecule has 0 bridgehead atoms. The van der Waals surface area contributed by atoms with E-state index in [2.05, 4.69) is 22.1 Å². The van der Waals surface area contributed by atoms with Crippen LogP contribution in [0.15, 0.2) is 29.5 Å². The van der Waals surface area contributed by atoms with E-state index in [1.807, 2.05) is 0 Å². The molecule has 1 atom stereocenters. The van der Waals surface area contributed by atoms with Crippen molar-refractivity contribution in [2.24, 2.45) is 5.92 Å². The zero-order chi connectivity index (χ0) is 18.3. The van der Waals surface area contributed by atoms with Crippen LogP contribution in [0.25, 0.3) is 0 Å². The van der Waals surface area contributed by atoms with Crippen molar-refractivity contribution in [3.63, 3.8) is 0 Å². The van der Waals surface area contributed by atoms with E-state index in [4.69, 9.17) is 10.5 Å². The summed E-state index contributed by atoms with van der Waals surface area (Å²) in [4.78, 5) is 27.6. The number of nitrogens with two attached hydrogens (primary N) is 1. The topological polar surface area (TPSA) is 99.2 Å². The van der Waals surface area contributed by atoms with E-state index in [1.54, 1.807) is 0 Å². The number of fused-ring (bicyclic) bond motifs is 1. The van der Waals surface area contributed by atoms with Crippen molar-refractivity contribution < 1.29 is 13.9 Å². The molecule has 8 heteroatoms. The van der Waals surface area contributed by atoms with E-state index < -0.39 is 23.6 Å². The molecule has 0 unspecified atom stereocenters. The second-order valence-corrected chi connectivity index (χ2v) is 6.29. The van der Waals surface area contributed by atoms with E-state index in [1.165, 1.54) is 29.2 Å². The van der Waals surface area contributed by atoms with Crippen molar-refractivity contribution in [2.45, 2.75) is 25.5 Å². The molecule has 0 saturated heterocycles. The van der Waals surface area contributed by atoms with Crippen LogP contribution in [0.2, 0.25) is 0 Å². The lowest BCUT2D eigenvalue weighted by molar-refractivity contribution is 0.134. The standard InChI is InChI=1S/C18H15FN4O3/c19-13-6-12-15(22-18(25)26-16(12)4-3-10-1-2-10)5-11(13)8-23-9-21-7-14(20)17(23)24/h5-7,9-10,16H,1-2,8,20H2,(H,22,25)/t16-/m0/s1. The number of aromatic nitrogens is 2. The number of carbonyl (C=O) groups excluding carboxylic acids is 1. The highest BCUT2D eigenvalue weighted by Crippen LogP contribution is 2.34. The number of nitrogen functional groups attached to an aromatic ring is 1. The molecule has 1 aromatic heterocycles. The molecule has 2 aliphatic rings. The Labute approximate surface area is 148 Å². The summed E-state index contributed by atoms with van der Waals surface area (Å²) in [5.41, 5.74) is 6.15. The van der Waals surface area contributed by atoms with Crippen LogP contribution in [-0.4, -0.2) is 15.6 Å². The number of halogens is 1. The highest BCUT2D eigenvalue weighted by Gasteiger charge is 2.27. The van der Waals surface area contributed by atoms with Crippen molar-refractivity contribution in [1.82, 2.24) is 9.55 Å². The zero-order valence-corrected chi connectivity index (χ0v) is 13.7. The van der Waals surface area contributed by atoms with Gasteiger partial charge in [0.15, 0.2) is 6.10 Å². The Hall–Kier alpha value is -3.34. The first kappa shape index (κ1) is 16.1. The lowest BCUT2D eigenvalue weighted by atomic mass is 10.0. The lowest BCUT2D eigenvalue weighted by Gasteiger charge is -2.23. The van der Waals surface area contributed by atoms with Gasteiger partial charge in [0, 0.05) is 17.0 Å². The van der Waals surface area contributed by atoms with Gasteiger partial charge in [0.2, 0.25) is 0 Å². The molecule has 132 valence electrons. The summed E-state index contributed by atoms with van der Waals surface area (Å²) in [6.07, 6.45) is 3.14. The van der Waals surface area contributed by atoms with Gasteiger partial charge < -0.3 is 10.5 Å². The monoisotopic (exact) mass is 354 g/mol. The number of carbonyl (C=O) groups is 1. The minimum Gasteiger partial charge on any atom is -0.428 e. The quantitative estimate of drug-likeness (QED) is 0.804. The maximum absolute atomic E-state index is 14.6. The average Bonchev–Trinajstić information content (AvgIpc) is 3.42. The summed E-state index contributed by atoms with van der Waals surface area (Å²) in [6, 6.07) is 2.76. The Morgan fingerprint density at radius 3 is 2.92 bits per heavy atom. The first-order chi connectivity index (χ1) is 12.5. The van der Waals surface area contributed by atoms with Crippen LogP contribution in [0.4, 0.5) is 20.6 Å². The molecule has 0 spiro atoms. The van der Waals surface area contributed by atoms with Gasteiger partial charge in [0.05, 0.1) is 24.8 Å². The molecule has 7 nitrogen and oxygen atoms in total. The average molecular weight is 354 g/mol. The molecule has 1 aliphatic carbocycles. The van der Waals surface area contributed by atoms with Crippen molar-refractivity contribution in [3.05, 3.63) is 52.0 Å². The van der Waals surface area contributed by atoms with Crippen molar-refractivity contribution in [1.29, 1.82) is 0 Å². The minimum atomic E-state index is -0.806. The third kappa shape index (κ3) is 3.11. The largest absolute Gasteiger partial charge is 0.428 e. The molecule has 1 aromatic carbocycles. The lowest BCUT2D eigenvalue weighted by Crippen LogP contribution is -2.26. The van der Waals surface area contributed by atoms with Crippen molar-refractivity contribution in [2.75, 3.05) is 11.1 Å². The van der Waals surface area contributed by atoms with Crippen LogP contribution in [0.3, 0.4) is 0 Å². The van der Waals surface area contributed by atoms with Gasteiger partial charge >= 0.3 is 6.09 Å². The van der Waals surface area contributed by atoms with Crippen LogP contribution in [-0.2, 0) is 11.3 Å². The summed E-state index contributed by atoms with van der Waals surface area (Å²) in [7, 11) is 0. The van der Waals surface area contributed by atoms with E-state index in [9.17, 15) is 14.0 Å². The van der Waals surface area contributed by atoms with Gasteiger partial charge in [-0.15, -0.1) is 0 Å². The number of amides is 1. The molecule has 4 rings (SSSR count). The fourth-order valence-corrected chi connectivity index (χ4v) is 2.68. The molecular weight excluding hydrogens is 339 g/mol. The molecular formula is C18H15FN4O3. The Morgan fingerprint density at radius 2 is 2.15 bits per heavy atom. The van der Waals surface area contributed by atoms with Gasteiger partial charge in [-0.1, -0.05) is 11.8 Å². The molecule has 1 saturated carbocycles. The van der Waals surface area contributed by atoms with E-state index in [-0.39, 0.29) is 17.8 Å². The predicted octanol–water partition coefficient (Wildman–Crippen LogP) is 2.03. The van der Waals surface area contributed by atoms with E-state index in [0.717, 1.165) is 12.8 Å². The Balaban J connectivity index is 1.70. The first-order valence-electron chi connectivity index (χ1n) is 8.12. The highest BCUT2D eigenvalue weighted by molar-refractivity contribution is 5.88. The number of hydrogen-bond acceptors (Lipinski definition) is 5. The Bertz CT molecular complexity index is 1020. The van der Waals surface area contributed by atoms with E-state index in [0.29, 0.717) is 17.2 Å². The minimum absolute atomic E-state index is 0.0250. The van der Waals surface area contributed by atoms with Gasteiger partial charge in [-0.05, 0) is 25.0 Å². The smallest absolute Gasteiger partial charge is 0.413 e. The van der Waals surface area contributed by atoms with Crippen LogP contribution < -0.4 is 16.6 Å². The Kier molecular flexibility index (Phi) is 3.84. The number of nitrogens with zero attached hydrogens (tertiary/aromatic N) is 2. The van der Waals surface area contributed by atoms with Gasteiger partial charge in [-0.25, -0.2) is 14.2 Å². The zero-order valence-electron chi connectivity index (χ0n) is 13.7. The fraction of sp³-hybridized carbons (Fsp3) is 0.278. The second-order valence-electron chi connectivity index (χ2n) is 6.29. The summed E-state index contributed by atoms with van der Waals surface area (Å²) in [5.74, 6) is 5.73. The molecule has 26 heavy (non-hydrogen) atoms. The maximum atomic E-state index is 14.6. The summed E-state index contributed by atoms with van der Waals surface area (Å²) < 4.78 is 21.0. The summed E-state index contributed by atoms with van der Waals surface area (Å²) >= 11 is 0. The highest BCUT2D eigenvalue weighted by atomic mass is 19.1. The number of hydrogen-bond donors (Lipinski definition) is 2. The molecule has 1 aliphatic heterocycles. The van der Waals surface area contributed by atoms with Crippen molar-refractivity contribution in [3.8, 4) is 11.8 Å². The summed E-state index contributed by atoms with van der Waals surface area (Å²) in [5, 5.41) is 2.55. The number of ether oxygens (including phenoxy) is 1. The number of benzene rings is 1. The third-order valence-electron chi connectivity index (χ3n) is 4.23. The van der Waals surface area contributed by atoms with Gasteiger partial charge in [0.25, 0.3) is 5.56 Å². The Morgan fingerprint density at radius 1 is 1.35 bits per heavy atom. The van der Waals surface area contributed by atoms with Crippen LogP contribution >= 0.6 is 0 Å². The van der Waals surface area contributed by atoms with Gasteiger partial charge in [-0.3, -0.25) is 14.7 Å². The first-order valence-corrected chi connectivity index (χ1v) is 8.12. The molecule has 3 N–H and O–H groups in total. The second kappa shape index (κ2) is 6.19. The predicted molar refractivity (Wildman–Crippen MR) is 91.8 cm³/mol. The van der Waals surface area contributed by atoms with Crippen molar-refractivity contribution >= 4 is 17.5 Å². The normalized spacial score (nSPS) is 18.2. The van der Waals surface area contributed by atoms with Gasteiger partial charge in [0.1, 0.15) is 11.5 Å². The molecule has 1 fully saturated rings. The molecule has 2 heterocycles. The summed E-state index contributed by atoms with van der Waals surface area (Å²) in [6.45, 7) is -0.0644. The molecule has 2 aromatic rings. The van der Waals surface area contributed by atoms with Gasteiger partial charge in [-0.2, -0.15) is 0 Å². The number of anilines is 2. The number of nitrogens with one attached hydrogen (secondary N) is 1. The van der Waals surface area contributed by atoms with Crippen LogP contribution in [0, 0.1) is 23.6 Å². The fourth-order valence-electron chi connectivity index (χ4n) is 2.68. The van der Waals surface area contributed by atoms with Crippen LogP contribution in [0.1, 0.15) is 30.1 Å². The number of cyclic esters (lactones) is 1. The SMILES string of the molecule is Nc1cncn(Cc2cc3c(cc2F)[C@H](C#CC2CC2)OC(=O)N3)c1=O. The maximum Gasteiger partial charge on any atom is 0.413 e. The third-order valence-corrected chi connectivity index (χ3v) is 4.23. The molecule has 1 amide bonds.